The number of ether oxygens (including phenoxy) is 1. The Morgan fingerprint density at radius 2 is 2.14 bits per heavy atom. The number of nitrogens with zero attached hydrogens (tertiary/aromatic N) is 3. The highest BCUT2D eigenvalue weighted by molar-refractivity contribution is 5.83. The second-order valence-electron chi connectivity index (χ2n) is 9.40. The molecule has 3 heterocycles. The number of aromatic nitrogens is 2. The Balaban J connectivity index is 1.36. The van der Waals surface area contributed by atoms with E-state index in [4.69, 9.17) is 9.15 Å². The number of likely N-dealkylation sites (tertiary alicyclic amines) is 1. The summed E-state index contributed by atoms with van der Waals surface area (Å²) in [5, 5.41) is 10.0. The van der Waals surface area contributed by atoms with Crippen molar-refractivity contribution in [3.05, 3.63) is 54.4 Å². The van der Waals surface area contributed by atoms with Gasteiger partial charge < -0.3 is 19.2 Å². The average Bonchev–Trinajstić information content (AvgIpc) is 3.39. The highest BCUT2D eigenvalue weighted by atomic mass is 19.1. The van der Waals surface area contributed by atoms with Gasteiger partial charge in [0.05, 0.1) is 18.8 Å². The van der Waals surface area contributed by atoms with E-state index < -0.39 is 12.1 Å². The van der Waals surface area contributed by atoms with E-state index in [9.17, 15) is 9.90 Å². The molecule has 188 valence electrons. The van der Waals surface area contributed by atoms with E-state index in [2.05, 4.69) is 14.9 Å². The van der Waals surface area contributed by atoms with Crippen LogP contribution in [0.2, 0.25) is 0 Å². The van der Waals surface area contributed by atoms with E-state index in [0.717, 1.165) is 62.1 Å². The maximum atomic E-state index is 15.5. The first-order valence-corrected chi connectivity index (χ1v) is 12.4. The zero-order chi connectivity index (χ0) is 24.6. The van der Waals surface area contributed by atoms with Gasteiger partial charge >= 0.3 is 5.97 Å². The molecule has 3 aromatic rings. The van der Waals surface area contributed by atoms with Crippen LogP contribution in [-0.4, -0.2) is 52.7 Å². The average molecular weight is 484 g/mol. The molecule has 0 radical (unpaired) electrons. The molecule has 1 fully saturated rings. The van der Waals surface area contributed by atoms with Gasteiger partial charge in [-0.25, -0.2) is 9.37 Å². The number of rotatable bonds is 12. The van der Waals surface area contributed by atoms with Crippen LogP contribution in [0.1, 0.15) is 56.2 Å². The third kappa shape index (κ3) is 6.78. The SMILES string of the molecule is COc1ccc2nccc([C@@H](F)CCC3CCN(CCCc4ncco4)CC3CCC(=O)O)c2c1. The Hall–Kier alpha value is -3.00. The fraction of sp³-hybridized carbons (Fsp3) is 0.519. The summed E-state index contributed by atoms with van der Waals surface area (Å²) < 4.78 is 26.1. The minimum Gasteiger partial charge on any atom is -0.497 e. The summed E-state index contributed by atoms with van der Waals surface area (Å²) in [4.78, 5) is 22.2. The summed E-state index contributed by atoms with van der Waals surface area (Å²) >= 11 is 0. The van der Waals surface area contributed by atoms with Crippen LogP contribution >= 0.6 is 0 Å². The van der Waals surface area contributed by atoms with Gasteiger partial charge in [0, 0.05) is 31.0 Å². The number of carboxylic acid groups (broad SMARTS) is 1. The standard InChI is InChI=1S/C27H34FN3O4/c1-34-21-6-8-25-23(17-21)22(10-12-29-25)24(28)7-4-19-11-15-31(18-20(19)5-9-27(32)33)14-2-3-26-30-13-16-35-26/h6,8,10,12-13,16-17,19-20,24H,2-5,7,9,11,14-15,18H2,1H3,(H,32,33)/t19?,20?,24-/m0/s1. The molecule has 0 saturated carbocycles. The number of piperidine rings is 1. The number of alkyl halides is 1. The van der Waals surface area contributed by atoms with Gasteiger partial charge in [-0.05, 0) is 86.9 Å². The number of hydrogen-bond acceptors (Lipinski definition) is 6. The summed E-state index contributed by atoms with van der Waals surface area (Å²) in [7, 11) is 1.60. The lowest BCUT2D eigenvalue weighted by Gasteiger charge is -2.39. The van der Waals surface area contributed by atoms with Crippen molar-refractivity contribution in [2.24, 2.45) is 11.8 Å². The molecule has 4 rings (SSSR count). The molecule has 0 amide bonds. The number of aliphatic carboxylic acids is 1. The maximum absolute atomic E-state index is 15.5. The summed E-state index contributed by atoms with van der Waals surface area (Å²) in [6.45, 7) is 2.73. The maximum Gasteiger partial charge on any atom is 0.303 e. The van der Waals surface area contributed by atoms with Gasteiger partial charge in [0.25, 0.3) is 0 Å². The van der Waals surface area contributed by atoms with Gasteiger partial charge in [-0.2, -0.15) is 0 Å². The Morgan fingerprint density at radius 3 is 2.91 bits per heavy atom. The smallest absolute Gasteiger partial charge is 0.303 e. The molecule has 35 heavy (non-hydrogen) atoms. The molecular weight excluding hydrogens is 449 g/mol. The van der Waals surface area contributed by atoms with Gasteiger partial charge in [0.1, 0.15) is 18.2 Å². The summed E-state index contributed by atoms with van der Waals surface area (Å²) in [5.74, 6) is 1.23. The number of pyridine rings is 1. The van der Waals surface area contributed by atoms with Crippen LogP contribution in [0.4, 0.5) is 4.39 Å². The first kappa shape index (κ1) is 25.1. The molecule has 0 aliphatic carbocycles. The molecule has 7 nitrogen and oxygen atoms in total. The fourth-order valence-corrected chi connectivity index (χ4v) is 5.27. The van der Waals surface area contributed by atoms with Gasteiger partial charge in [0.2, 0.25) is 0 Å². The van der Waals surface area contributed by atoms with Crippen LogP contribution in [0.5, 0.6) is 5.75 Å². The molecule has 0 spiro atoms. The van der Waals surface area contributed by atoms with Crippen molar-refractivity contribution >= 4 is 16.9 Å². The molecule has 8 heteroatoms. The fourth-order valence-electron chi connectivity index (χ4n) is 5.27. The molecule has 1 N–H and O–H groups in total. The number of fused-ring (bicyclic) bond motifs is 1. The third-order valence-electron chi connectivity index (χ3n) is 7.16. The number of aryl methyl sites for hydroxylation is 1. The van der Waals surface area contributed by atoms with Gasteiger partial charge in [-0.3, -0.25) is 9.78 Å². The van der Waals surface area contributed by atoms with E-state index in [-0.39, 0.29) is 12.3 Å². The zero-order valence-electron chi connectivity index (χ0n) is 20.2. The van der Waals surface area contributed by atoms with Crippen molar-refractivity contribution in [1.29, 1.82) is 0 Å². The van der Waals surface area contributed by atoms with Gasteiger partial charge in [0.15, 0.2) is 5.89 Å². The number of carbonyl (C=O) groups is 1. The number of oxazole rings is 1. The van der Waals surface area contributed by atoms with Crippen LogP contribution < -0.4 is 4.74 Å². The summed E-state index contributed by atoms with van der Waals surface area (Å²) in [5.41, 5.74) is 1.39. The zero-order valence-corrected chi connectivity index (χ0v) is 20.2. The quantitative estimate of drug-likeness (QED) is 0.366. The Morgan fingerprint density at radius 1 is 1.26 bits per heavy atom. The molecule has 1 aliphatic heterocycles. The van der Waals surface area contributed by atoms with Crippen molar-refractivity contribution in [2.45, 2.75) is 51.1 Å². The number of carboxylic acids is 1. The highest BCUT2D eigenvalue weighted by Gasteiger charge is 2.30. The van der Waals surface area contributed by atoms with Crippen molar-refractivity contribution in [2.75, 3.05) is 26.7 Å². The second kappa shape index (κ2) is 12.1. The van der Waals surface area contributed by atoms with Gasteiger partial charge in [-0.15, -0.1) is 0 Å². The Bertz CT molecular complexity index is 1090. The minimum absolute atomic E-state index is 0.152. The lowest BCUT2D eigenvalue weighted by Crippen LogP contribution is -2.41. The van der Waals surface area contributed by atoms with E-state index in [1.807, 2.05) is 18.2 Å². The predicted molar refractivity (Wildman–Crippen MR) is 131 cm³/mol. The predicted octanol–water partition coefficient (Wildman–Crippen LogP) is 5.46. The molecule has 2 aromatic heterocycles. The molecule has 1 saturated heterocycles. The topological polar surface area (TPSA) is 88.7 Å². The van der Waals surface area contributed by atoms with E-state index in [1.54, 1.807) is 31.8 Å². The van der Waals surface area contributed by atoms with Crippen LogP contribution in [0.25, 0.3) is 10.9 Å². The number of halogens is 1. The van der Waals surface area contributed by atoms with Crippen LogP contribution in [0.15, 0.2) is 47.3 Å². The molecule has 1 aromatic carbocycles. The Labute approximate surface area is 205 Å². The molecule has 3 atom stereocenters. The second-order valence-corrected chi connectivity index (χ2v) is 9.40. The molecular formula is C27H34FN3O4. The summed E-state index contributed by atoms with van der Waals surface area (Å²) in [6, 6.07) is 7.28. The highest BCUT2D eigenvalue weighted by Crippen LogP contribution is 2.36. The largest absolute Gasteiger partial charge is 0.497 e. The van der Waals surface area contributed by atoms with Gasteiger partial charge in [-0.1, -0.05) is 0 Å². The lowest BCUT2D eigenvalue weighted by atomic mass is 9.79. The lowest BCUT2D eigenvalue weighted by molar-refractivity contribution is -0.137. The number of benzene rings is 1. The van der Waals surface area contributed by atoms with Crippen LogP contribution in [-0.2, 0) is 11.2 Å². The molecule has 2 unspecified atom stereocenters. The van der Waals surface area contributed by atoms with Crippen LogP contribution in [0, 0.1) is 11.8 Å². The van der Waals surface area contributed by atoms with Crippen molar-refractivity contribution in [3.8, 4) is 5.75 Å². The van der Waals surface area contributed by atoms with Crippen LogP contribution in [0.3, 0.4) is 0 Å². The Kier molecular flexibility index (Phi) is 8.69. The normalized spacial score (nSPS) is 19.6. The van der Waals surface area contributed by atoms with E-state index in [1.165, 1.54) is 0 Å². The molecule has 0 bridgehead atoms. The van der Waals surface area contributed by atoms with E-state index in [0.29, 0.717) is 30.1 Å². The van der Waals surface area contributed by atoms with E-state index >= 15 is 4.39 Å². The number of hydrogen-bond donors (Lipinski definition) is 1. The van der Waals surface area contributed by atoms with Crippen molar-refractivity contribution in [3.63, 3.8) is 0 Å². The first-order chi connectivity index (χ1) is 17.0. The number of methoxy groups -OCH3 is 1. The third-order valence-corrected chi connectivity index (χ3v) is 7.16. The van der Waals surface area contributed by atoms with Crippen molar-refractivity contribution in [1.82, 2.24) is 14.9 Å². The monoisotopic (exact) mass is 483 g/mol. The summed E-state index contributed by atoms with van der Waals surface area (Å²) in [6.07, 6.45) is 8.43. The van der Waals surface area contributed by atoms with Crippen molar-refractivity contribution < 1.29 is 23.4 Å². The molecule has 1 aliphatic rings. The first-order valence-electron chi connectivity index (χ1n) is 12.4. The minimum atomic E-state index is -1.11.